The Kier molecular flexibility index (Phi) is 3.70. The lowest BCUT2D eigenvalue weighted by Crippen LogP contribution is -2.32. The van der Waals surface area contributed by atoms with E-state index in [9.17, 15) is 10.0 Å². The van der Waals surface area contributed by atoms with Gasteiger partial charge in [0.1, 0.15) is 5.69 Å². The van der Waals surface area contributed by atoms with Crippen LogP contribution in [0.25, 0.3) is 0 Å². The monoisotopic (exact) mass is 195 g/mol. The molecule has 0 saturated heterocycles. The van der Waals surface area contributed by atoms with Crippen molar-refractivity contribution < 1.29 is 5.11 Å². The van der Waals surface area contributed by atoms with Gasteiger partial charge in [-0.25, -0.2) is 0 Å². The molecule has 0 aliphatic carbocycles. The zero-order valence-corrected chi connectivity index (χ0v) is 7.63. The van der Waals surface area contributed by atoms with Crippen LogP contribution in [0.1, 0.15) is 11.6 Å². The van der Waals surface area contributed by atoms with Crippen LogP contribution >= 0.6 is 0 Å². The molecule has 76 valence electrons. The Bertz CT molecular complexity index is 299. The molecule has 0 heterocycles. The molecule has 5 N–H and O–H groups in total. The molecule has 5 nitrogen and oxygen atoms in total. The fourth-order valence-electron chi connectivity index (χ4n) is 1.13. The van der Waals surface area contributed by atoms with Crippen LogP contribution in [-0.2, 0) is 0 Å². The molecule has 1 rings (SSSR count). The zero-order valence-electron chi connectivity index (χ0n) is 7.63. The quantitative estimate of drug-likeness (QED) is 0.605. The minimum Gasteiger partial charge on any atom is -0.390 e. The first kappa shape index (κ1) is 10.8. The molecular weight excluding hydrogens is 182 g/mol. The number of nitroso groups, excluding NO2 is 1. The summed E-state index contributed by atoms with van der Waals surface area (Å²) in [6.07, 6.45) is -0.773. The first-order valence-electron chi connectivity index (χ1n) is 4.26. The van der Waals surface area contributed by atoms with Crippen LogP contribution in [0.15, 0.2) is 29.4 Å². The van der Waals surface area contributed by atoms with Crippen LogP contribution in [0.5, 0.6) is 0 Å². The van der Waals surface area contributed by atoms with Gasteiger partial charge in [-0.15, -0.1) is 4.91 Å². The van der Waals surface area contributed by atoms with Crippen molar-refractivity contribution >= 4 is 5.69 Å². The maximum Gasteiger partial charge on any atom is 0.108 e. The molecule has 0 radical (unpaired) electrons. The summed E-state index contributed by atoms with van der Waals surface area (Å²) >= 11 is 0. The van der Waals surface area contributed by atoms with E-state index in [4.69, 9.17) is 11.5 Å². The molecule has 2 unspecified atom stereocenters. The number of aliphatic hydroxyl groups excluding tert-OH is 1. The Balaban J connectivity index is 2.80. The summed E-state index contributed by atoms with van der Waals surface area (Å²) in [5.74, 6) is 0. The predicted molar refractivity (Wildman–Crippen MR) is 53.9 cm³/mol. The van der Waals surface area contributed by atoms with Crippen molar-refractivity contribution in [2.24, 2.45) is 16.6 Å². The lowest BCUT2D eigenvalue weighted by atomic mass is 10.0. The van der Waals surface area contributed by atoms with Crippen molar-refractivity contribution in [1.82, 2.24) is 0 Å². The van der Waals surface area contributed by atoms with E-state index in [0.717, 1.165) is 5.56 Å². The van der Waals surface area contributed by atoms with Gasteiger partial charge in [0.25, 0.3) is 0 Å². The Labute approximate surface area is 81.7 Å². The maximum absolute atomic E-state index is 10.1. The van der Waals surface area contributed by atoms with E-state index < -0.39 is 12.1 Å². The first-order chi connectivity index (χ1) is 6.69. The second-order valence-electron chi connectivity index (χ2n) is 3.01. The number of aliphatic hydroxyl groups is 1. The molecule has 5 heteroatoms. The standard InChI is InChI=1S/C9H13N3O2/c10-5-8(13)9(11)6-1-3-7(12-14)4-2-6/h1-4,8-9,13H,5,10-11H2. The summed E-state index contributed by atoms with van der Waals surface area (Å²) in [5.41, 5.74) is 12.0. The molecule has 0 saturated carbocycles. The zero-order chi connectivity index (χ0) is 10.6. The van der Waals surface area contributed by atoms with E-state index in [-0.39, 0.29) is 6.54 Å². The third-order valence-electron chi connectivity index (χ3n) is 2.04. The summed E-state index contributed by atoms with van der Waals surface area (Å²) in [7, 11) is 0. The van der Waals surface area contributed by atoms with E-state index >= 15 is 0 Å². The molecule has 1 aromatic rings. The van der Waals surface area contributed by atoms with Gasteiger partial charge in [0.15, 0.2) is 0 Å². The summed E-state index contributed by atoms with van der Waals surface area (Å²) in [5, 5.41) is 12.1. The highest BCUT2D eigenvalue weighted by molar-refractivity contribution is 5.39. The predicted octanol–water partition coefficient (Wildman–Crippen LogP) is 0.404. The highest BCUT2D eigenvalue weighted by atomic mass is 16.3. The third kappa shape index (κ3) is 2.35. The Morgan fingerprint density at radius 1 is 1.36 bits per heavy atom. The normalized spacial score (nSPS) is 14.8. The molecule has 0 spiro atoms. The van der Waals surface area contributed by atoms with E-state index in [1.54, 1.807) is 24.3 Å². The fraction of sp³-hybridized carbons (Fsp3) is 0.333. The van der Waals surface area contributed by atoms with Gasteiger partial charge in [-0.2, -0.15) is 0 Å². The number of benzene rings is 1. The van der Waals surface area contributed by atoms with E-state index in [2.05, 4.69) is 5.18 Å². The minimum atomic E-state index is -0.773. The average molecular weight is 195 g/mol. The second kappa shape index (κ2) is 4.80. The van der Waals surface area contributed by atoms with Crippen LogP contribution in [0, 0.1) is 4.91 Å². The van der Waals surface area contributed by atoms with Crippen LogP contribution in [0.2, 0.25) is 0 Å². The molecular formula is C9H13N3O2. The first-order valence-corrected chi connectivity index (χ1v) is 4.26. The summed E-state index contributed by atoms with van der Waals surface area (Å²) in [6.45, 7) is 0.106. The molecule has 0 aliphatic heterocycles. The lowest BCUT2D eigenvalue weighted by Gasteiger charge is -2.17. The van der Waals surface area contributed by atoms with Crippen LogP contribution in [-0.4, -0.2) is 17.8 Å². The van der Waals surface area contributed by atoms with Crippen LogP contribution in [0.4, 0.5) is 5.69 Å². The summed E-state index contributed by atoms with van der Waals surface area (Å²) in [6, 6.07) is 5.87. The Morgan fingerprint density at radius 3 is 2.36 bits per heavy atom. The van der Waals surface area contributed by atoms with E-state index in [1.807, 2.05) is 0 Å². The molecule has 0 bridgehead atoms. The largest absolute Gasteiger partial charge is 0.390 e. The minimum absolute atomic E-state index is 0.106. The van der Waals surface area contributed by atoms with Crippen molar-refractivity contribution in [1.29, 1.82) is 0 Å². The molecule has 0 amide bonds. The smallest absolute Gasteiger partial charge is 0.108 e. The fourth-order valence-corrected chi connectivity index (χ4v) is 1.13. The van der Waals surface area contributed by atoms with Gasteiger partial charge in [0.2, 0.25) is 0 Å². The van der Waals surface area contributed by atoms with Crippen molar-refractivity contribution in [3.8, 4) is 0 Å². The molecule has 0 aliphatic rings. The number of hydrogen-bond acceptors (Lipinski definition) is 5. The highest BCUT2D eigenvalue weighted by Gasteiger charge is 2.14. The average Bonchev–Trinajstić information content (AvgIpc) is 2.27. The topological polar surface area (TPSA) is 102 Å². The molecule has 0 aromatic heterocycles. The summed E-state index contributed by atoms with van der Waals surface area (Å²) < 4.78 is 0. The van der Waals surface area contributed by atoms with Gasteiger partial charge >= 0.3 is 0 Å². The molecule has 1 aromatic carbocycles. The Morgan fingerprint density at radius 2 is 1.93 bits per heavy atom. The summed E-state index contributed by atoms with van der Waals surface area (Å²) in [4.78, 5) is 10.1. The SMILES string of the molecule is NCC(O)C(N)c1ccc(N=O)cc1. The second-order valence-corrected chi connectivity index (χ2v) is 3.01. The molecule has 2 atom stereocenters. The van der Waals surface area contributed by atoms with E-state index in [1.165, 1.54) is 0 Å². The highest BCUT2D eigenvalue weighted by Crippen LogP contribution is 2.18. The molecule has 0 fully saturated rings. The van der Waals surface area contributed by atoms with Gasteiger partial charge in [-0.3, -0.25) is 0 Å². The van der Waals surface area contributed by atoms with Gasteiger partial charge in [0.05, 0.1) is 12.1 Å². The van der Waals surface area contributed by atoms with Crippen molar-refractivity contribution in [2.45, 2.75) is 12.1 Å². The van der Waals surface area contributed by atoms with E-state index in [0.29, 0.717) is 5.69 Å². The molecule has 14 heavy (non-hydrogen) atoms. The van der Waals surface area contributed by atoms with Gasteiger partial charge in [-0.05, 0) is 22.9 Å². The third-order valence-corrected chi connectivity index (χ3v) is 2.04. The maximum atomic E-state index is 10.1. The number of nitrogens with zero attached hydrogens (tertiary/aromatic N) is 1. The Hall–Kier alpha value is -1.30. The van der Waals surface area contributed by atoms with Gasteiger partial charge in [-0.1, -0.05) is 12.1 Å². The van der Waals surface area contributed by atoms with Crippen LogP contribution in [0.3, 0.4) is 0 Å². The van der Waals surface area contributed by atoms with Crippen LogP contribution < -0.4 is 11.5 Å². The number of rotatable bonds is 4. The lowest BCUT2D eigenvalue weighted by molar-refractivity contribution is 0.153. The van der Waals surface area contributed by atoms with Crippen molar-refractivity contribution in [3.63, 3.8) is 0 Å². The van der Waals surface area contributed by atoms with Crippen molar-refractivity contribution in [3.05, 3.63) is 34.7 Å². The van der Waals surface area contributed by atoms with Gasteiger partial charge < -0.3 is 16.6 Å². The van der Waals surface area contributed by atoms with Crippen molar-refractivity contribution in [2.75, 3.05) is 6.54 Å². The number of hydrogen-bond donors (Lipinski definition) is 3. The van der Waals surface area contributed by atoms with Gasteiger partial charge in [0, 0.05) is 6.54 Å². The number of nitrogens with two attached hydrogens (primary N) is 2.